The van der Waals surface area contributed by atoms with Gasteiger partial charge in [-0.15, -0.1) is 0 Å². The Kier molecular flexibility index (Phi) is 4.53. The van der Waals surface area contributed by atoms with Crippen LogP contribution in [0.3, 0.4) is 0 Å². The fourth-order valence-corrected chi connectivity index (χ4v) is 11.4. The van der Waals surface area contributed by atoms with Crippen molar-refractivity contribution in [3.63, 3.8) is 0 Å². The predicted octanol–water partition coefficient (Wildman–Crippen LogP) is 5.40. The normalized spacial score (nSPS) is 53.1. The van der Waals surface area contributed by atoms with Crippen LogP contribution in [0.15, 0.2) is 11.6 Å². The fourth-order valence-electron chi connectivity index (χ4n) is 11.4. The van der Waals surface area contributed by atoms with E-state index in [0.29, 0.717) is 36.5 Å². The summed E-state index contributed by atoms with van der Waals surface area (Å²) in [4.78, 5) is 39.3. The molecule has 6 atom stereocenters. The van der Waals surface area contributed by atoms with Crippen molar-refractivity contribution in [2.24, 2.45) is 52.3 Å². The summed E-state index contributed by atoms with van der Waals surface area (Å²) in [6.45, 7) is 4.64. The van der Waals surface area contributed by atoms with Gasteiger partial charge in [0.05, 0.1) is 0 Å². The Bertz CT molecular complexity index is 960. The van der Waals surface area contributed by atoms with Crippen LogP contribution >= 0.6 is 0 Å². The van der Waals surface area contributed by atoms with Crippen LogP contribution in [-0.2, 0) is 14.4 Å². The van der Waals surface area contributed by atoms with Gasteiger partial charge in [-0.3, -0.25) is 14.4 Å². The van der Waals surface area contributed by atoms with Crippen LogP contribution in [0, 0.1) is 52.3 Å². The molecule has 34 heavy (non-hydrogen) atoms. The minimum atomic E-state index is -0.144. The first kappa shape index (κ1) is 21.8. The van der Waals surface area contributed by atoms with Crippen molar-refractivity contribution >= 4 is 17.5 Å². The van der Waals surface area contributed by atoms with Crippen LogP contribution in [0.1, 0.15) is 97.3 Å². The summed E-state index contributed by atoms with van der Waals surface area (Å²) in [5.74, 6) is 4.60. The Morgan fingerprint density at radius 2 is 1.59 bits per heavy atom. The standard InChI is InChI=1S/C30H41NO3/c1-28-8-6-23-21(13-26(33)25-12-20(32)5-7-29(23,25)2)22(28)3-4-24(28)27(34)31-30-14-17-9-18(15-30)11-19(10-17)16-30/h12,17-19,21-24H,3-11,13-16H2,1-2H3,(H,31,34)/t17?,18?,19?,21-,22-,23-,24+,28-,29+,30?/m0/s1. The molecule has 8 aliphatic carbocycles. The van der Waals surface area contributed by atoms with Gasteiger partial charge in [-0.25, -0.2) is 0 Å². The predicted molar refractivity (Wildman–Crippen MR) is 130 cm³/mol. The number of hydrogen-bond acceptors (Lipinski definition) is 3. The molecule has 0 aromatic heterocycles. The second-order valence-corrected chi connectivity index (χ2v) is 14.3. The van der Waals surface area contributed by atoms with Gasteiger partial charge in [-0.05, 0) is 123 Å². The first-order valence-corrected chi connectivity index (χ1v) is 14.3. The highest BCUT2D eigenvalue weighted by molar-refractivity contribution is 6.05. The first-order chi connectivity index (χ1) is 16.2. The SMILES string of the molecule is C[C@]12CC[C@H]3[C@@H](CC(=O)C4=CC(=O)CC[C@@]43C)[C@@H]1CC[C@@H]2C(=O)NC12CC3CC(CC(C3)C1)C2. The lowest BCUT2D eigenvalue weighted by atomic mass is 9.46. The van der Waals surface area contributed by atoms with E-state index in [-0.39, 0.29) is 33.9 Å². The molecule has 0 radical (unpaired) electrons. The number of hydrogen-bond donors (Lipinski definition) is 1. The lowest BCUT2D eigenvalue weighted by Gasteiger charge is -2.58. The number of allylic oxidation sites excluding steroid dienone is 1. The highest BCUT2D eigenvalue weighted by atomic mass is 16.2. The third-order valence-corrected chi connectivity index (χ3v) is 12.5. The van der Waals surface area contributed by atoms with Gasteiger partial charge in [-0.2, -0.15) is 0 Å². The Morgan fingerprint density at radius 1 is 0.912 bits per heavy atom. The third kappa shape index (κ3) is 2.92. The van der Waals surface area contributed by atoms with E-state index in [1.165, 1.54) is 38.5 Å². The topological polar surface area (TPSA) is 63.2 Å². The molecule has 7 saturated carbocycles. The van der Waals surface area contributed by atoms with Crippen LogP contribution in [0.5, 0.6) is 0 Å². The first-order valence-electron chi connectivity index (χ1n) is 14.3. The number of rotatable bonds is 2. The molecule has 184 valence electrons. The molecule has 0 spiro atoms. The maximum atomic E-state index is 13.9. The van der Waals surface area contributed by atoms with Crippen molar-refractivity contribution in [2.45, 2.75) is 103 Å². The number of fused-ring (bicyclic) bond motifs is 5. The second kappa shape index (κ2) is 7.07. The van der Waals surface area contributed by atoms with E-state index in [4.69, 9.17) is 0 Å². The average Bonchev–Trinajstić information content (AvgIpc) is 3.11. The van der Waals surface area contributed by atoms with Gasteiger partial charge >= 0.3 is 0 Å². The van der Waals surface area contributed by atoms with Gasteiger partial charge in [0, 0.05) is 29.9 Å². The highest BCUT2D eigenvalue weighted by Gasteiger charge is 2.62. The molecule has 0 aromatic carbocycles. The van der Waals surface area contributed by atoms with Crippen LogP contribution in [-0.4, -0.2) is 23.0 Å². The zero-order chi connectivity index (χ0) is 23.5. The van der Waals surface area contributed by atoms with E-state index < -0.39 is 0 Å². The van der Waals surface area contributed by atoms with E-state index in [1.807, 2.05) is 0 Å². The maximum absolute atomic E-state index is 13.9. The molecule has 8 rings (SSSR count). The van der Waals surface area contributed by atoms with Gasteiger partial charge in [0.1, 0.15) is 0 Å². The van der Waals surface area contributed by atoms with Crippen LogP contribution < -0.4 is 5.32 Å². The van der Waals surface area contributed by atoms with Crippen molar-refractivity contribution in [2.75, 3.05) is 0 Å². The number of carbonyl (C=O) groups is 3. The van der Waals surface area contributed by atoms with Gasteiger partial charge in [0.25, 0.3) is 0 Å². The minimum Gasteiger partial charge on any atom is -0.350 e. The van der Waals surface area contributed by atoms with E-state index in [2.05, 4.69) is 19.2 Å². The van der Waals surface area contributed by atoms with Gasteiger partial charge in [-0.1, -0.05) is 13.8 Å². The molecular formula is C30H41NO3. The Hall–Kier alpha value is -1.45. The zero-order valence-corrected chi connectivity index (χ0v) is 21.0. The largest absolute Gasteiger partial charge is 0.350 e. The lowest BCUT2D eigenvalue weighted by Crippen LogP contribution is -2.61. The Morgan fingerprint density at radius 3 is 2.26 bits per heavy atom. The van der Waals surface area contributed by atoms with Crippen molar-refractivity contribution in [1.82, 2.24) is 5.32 Å². The molecule has 4 nitrogen and oxygen atoms in total. The summed E-state index contributed by atoms with van der Waals surface area (Å²) in [5, 5.41) is 3.71. The molecule has 8 aliphatic rings. The summed E-state index contributed by atoms with van der Waals surface area (Å²) >= 11 is 0. The molecule has 1 N–H and O–H groups in total. The molecule has 0 unspecified atom stereocenters. The summed E-state index contributed by atoms with van der Waals surface area (Å²) < 4.78 is 0. The second-order valence-electron chi connectivity index (χ2n) is 14.3. The van der Waals surface area contributed by atoms with Crippen LogP contribution in [0.2, 0.25) is 0 Å². The van der Waals surface area contributed by atoms with Gasteiger partial charge in [0.2, 0.25) is 5.91 Å². The third-order valence-electron chi connectivity index (χ3n) is 12.5. The summed E-state index contributed by atoms with van der Waals surface area (Å²) in [6, 6.07) is 0. The van der Waals surface area contributed by atoms with E-state index in [9.17, 15) is 14.4 Å². The molecule has 0 saturated heterocycles. The van der Waals surface area contributed by atoms with Crippen LogP contribution in [0.4, 0.5) is 0 Å². The summed E-state index contributed by atoms with van der Waals surface area (Å²) in [7, 11) is 0. The van der Waals surface area contributed by atoms with Crippen molar-refractivity contribution in [1.29, 1.82) is 0 Å². The van der Waals surface area contributed by atoms with Crippen molar-refractivity contribution < 1.29 is 14.4 Å². The summed E-state index contributed by atoms with van der Waals surface area (Å²) in [6.07, 6.45) is 15.7. The van der Waals surface area contributed by atoms with Crippen molar-refractivity contribution in [3.8, 4) is 0 Å². The fraction of sp³-hybridized carbons (Fsp3) is 0.833. The van der Waals surface area contributed by atoms with E-state index >= 15 is 0 Å². The Labute approximate surface area is 204 Å². The number of ketones is 2. The average molecular weight is 464 g/mol. The quantitative estimate of drug-likeness (QED) is 0.596. The van der Waals surface area contributed by atoms with E-state index in [0.717, 1.165) is 55.4 Å². The van der Waals surface area contributed by atoms with Crippen LogP contribution in [0.25, 0.3) is 0 Å². The Balaban J connectivity index is 1.13. The summed E-state index contributed by atoms with van der Waals surface area (Å²) in [5.41, 5.74) is 0.771. The lowest BCUT2D eigenvalue weighted by molar-refractivity contribution is -0.140. The molecule has 0 aliphatic heterocycles. The number of carbonyl (C=O) groups excluding carboxylic acids is 3. The maximum Gasteiger partial charge on any atom is 0.224 e. The molecule has 0 heterocycles. The number of amides is 1. The van der Waals surface area contributed by atoms with Gasteiger partial charge < -0.3 is 5.32 Å². The smallest absolute Gasteiger partial charge is 0.224 e. The molecule has 4 heteroatoms. The molecule has 0 aromatic rings. The molecular weight excluding hydrogens is 422 g/mol. The molecule has 7 fully saturated rings. The zero-order valence-electron chi connectivity index (χ0n) is 21.0. The minimum absolute atomic E-state index is 0.00981. The monoisotopic (exact) mass is 463 g/mol. The molecule has 1 amide bonds. The van der Waals surface area contributed by atoms with Crippen molar-refractivity contribution in [3.05, 3.63) is 11.6 Å². The van der Waals surface area contributed by atoms with Gasteiger partial charge in [0.15, 0.2) is 11.6 Å². The number of nitrogens with one attached hydrogen (secondary N) is 1. The van der Waals surface area contributed by atoms with E-state index in [1.54, 1.807) is 6.08 Å². The number of Topliss-reactive ketones (excluding diaryl/α,β-unsaturated/α-hetero) is 1. The highest BCUT2D eigenvalue weighted by Crippen LogP contribution is 2.66. The molecule has 4 bridgehead atoms.